The largest absolute Gasteiger partial charge is 0.381 e. The number of benzene rings is 2. The predicted octanol–water partition coefficient (Wildman–Crippen LogP) is 3.28. The second-order valence-corrected chi connectivity index (χ2v) is 4.91. The van der Waals surface area contributed by atoms with Crippen molar-refractivity contribution >= 4 is 11.6 Å². The van der Waals surface area contributed by atoms with Crippen molar-refractivity contribution in [1.82, 2.24) is 4.90 Å². The van der Waals surface area contributed by atoms with Crippen LogP contribution in [0.1, 0.15) is 18.1 Å². The molecule has 0 aliphatic carbocycles. The second kappa shape index (κ2) is 6.75. The molecule has 0 spiro atoms. The lowest BCUT2D eigenvalue weighted by atomic mass is 10.1. The van der Waals surface area contributed by atoms with Crippen LogP contribution in [0.5, 0.6) is 0 Å². The van der Waals surface area contributed by atoms with Crippen LogP contribution < -0.4 is 5.32 Å². The standard InChI is InChI=1S/C17H20N2O/c1-14(20)19(2)13-16-9-6-10-17(11-16)18-12-15-7-4-3-5-8-15/h3-11,18H,12-13H2,1-2H3. The van der Waals surface area contributed by atoms with Crippen molar-refractivity contribution in [2.24, 2.45) is 0 Å². The van der Waals surface area contributed by atoms with E-state index >= 15 is 0 Å². The van der Waals surface area contributed by atoms with Crippen molar-refractivity contribution in [3.63, 3.8) is 0 Å². The van der Waals surface area contributed by atoms with E-state index < -0.39 is 0 Å². The highest BCUT2D eigenvalue weighted by atomic mass is 16.2. The zero-order chi connectivity index (χ0) is 14.4. The number of rotatable bonds is 5. The summed E-state index contributed by atoms with van der Waals surface area (Å²) in [7, 11) is 1.81. The fourth-order valence-corrected chi connectivity index (χ4v) is 1.96. The van der Waals surface area contributed by atoms with Crippen molar-refractivity contribution in [3.8, 4) is 0 Å². The van der Waals surface area contributed by atoms with Crippen LogP contribution in [0.3, 0.4) is 0 Å². The van der Waals surface area contributed by atoms with Crippen molar-refractivity contribution in [2.45, 2.75) is 20.0 Å². The summed E-state index contributed by atoms with van der Waals surface area (Å²) in [5, 5.41) is 3.40. The SMILES string of the molecule is CC(=O)N(C)Cc1cccc(NCc2ccccc2)c1. The van der Waals surface area contributed by atoms with Crippen molar-refractivity contribution in [2.75, 3.05) is 12.4 Å². The zero-order valence-electron chi connectivity index (χ0n) is 12.0. The van der Waals surface area contributed by atoms with Gasteiger partial charge in [-0.15, -0.1) is 0 Å². The van der Waals surface area contributed by atoms with Gasteiger partial charge in [-0.05, 0) is 23.3 Å². The van der Waals surface area contributed by atoms with E-state index in [4.69, 9.17) is 0 Å². The third kappa shape index (κ3) is 4.12. The Morgan fingerprint density at radius 2 is 1.75 bits per heavy atom. The van der Waals surface area contributed by atoms with E-state index in [0.717, 1.165) is 17.8 Å². The van der Waals surface area contributed by atoms with Gasteiger partial charge in [0.2, 0.25) is 5.91 Å². The van der Waals surface area contributed by atoms with Gasteiger partial charge < -0.3 is 10.2 Å². The van der Waals surface area contributed by atoms with Crippen LogP contribution in [0.2, 0.25) is 0 Å². The molecule has 0 fully saturated rings. The topological polar surface area (TPSA) is 32.3 Å². The maximum Gasteiger partial charge on any atom is 0.219 e. The average molecular weight is 268 g/mol. The quantitative estimate of drug-likeness (QED) is 0.902. The van der Waals surface area contributed by atoms with E-state index in [0.29, 0.717) is 6.54 Å². The van der Waals surface area contributed by atoms with Gasteiger partial charge in [-0.3, -0.25) is 4.79 Å². The number of nitrogens with zero attached hydrogens (tertiary/aromatic N) is 1. The summed E-state index contributed by atoms with van der Waals surface area (Å²) in [6.45, 7) is 3.01. The highest BCUT2D eigenvalue weighted by Crippen LogP contribution is 2.13. The molecule has 3 nitrogen and oxygen atoms in total. The van der Waals surface area contributed by atoms with Crippen molar-refractivity contribution < 1.29 is 4.79 Å². The number of carbonyl (C=O) groups is 1. The minimum Gasteiger partial charge on any atom is -0.381 e. The number of amides is 1. The summed E-state index contributed by atoms with van der Waals surface area (Å²) in [5.41, 5.74) is 3.45. The summed E-state index contributed by atoms with van der Waals surface area (Å²) < 4.78 is 0. The van der Waals surface area contributed by atoms with Crippen LogP contribution in [0, 0.1) is 0 Å². The molecule has 0 radical (unpaired) electrons. The molecule has 0 unspecified atom stereocenters. The highest BCUT2D eigenvalue weighted by Gasteiger charge is 2.03. The first kappa shape index (κ1) is 14.1. The van der Waals surface area contributed by atoms with Crippen LogP contribution in [-0.2, 0) is 17.9 Å². The number of carbonyl (C=O) groups excluding carboxylic acids is 1. The fraction of sp³-hybridized carbons (Fsp3) is 0.235. The second-order valence-electron chi connectivity index (χ2n) is 4.91. The minimum atomic E-state index is 0.0765. The lowest BCUT2D eigenvalue weighted by Crippen LogP contribution is -2.22. The van der Waals surface area contributed by atoms with Crippen molar-refractivity contribution in [1.29, 1.82) is 0 Å². The summed E-state index contributed by atoms with van der Waals surface area (Å²) in [4.78, 5) is 13.0. The first-order valence-corrected chi connectivity index (χ1v) is 6.73. The Kier molecular flexibility index (Phi) is 4.77. The van der Waals surface area contributed by atoms with Gasteiger partial charge in [0.15, 0.2) is 0 Å². The van der Waals surface area contributed by atoms with E-state index in [1.54, 1.807) is 11.8 Å². The molecule has 0 aliphatic rings. The predicted molar refractivity (Wildman–Crippen MR) is 82.4 cm³/mol. The molecule has 1 N–H and O–H groups in total. The Morgan fingerprint density at radius 1 is 1.05 bits per heavy atom. The van der Waals surface area contributed by atoms with E-state index in [-0.39, 0.29) is 5.91 Å². The third-order valence-electron chi connectivity index (χ3n) is 3.22. The van der Waals surface area contributed by atoms with Crippen molar-refractivity contribution in [3.05, 3.63) is 65.7 Å². The molecule has 20 heavy (non-hydrogen) atoms. The lowest BCUT2D eigenvalue weighted by molar-refractivity contribution is -0.128. The van der Waals surface area contributed by atoms with Gasteiger partial charge >= 0.3 is 0 Å². The van der Waals surface area contributed by atoms with Gasteiger partial charge in [-0.25, -0.2) is 0 Å². The van der Waals surface area contributed by atoms with Crippen LogP contribution in [0.15, 0.2) is 54.6 Å². The molecule has 0 saturated carbocycles. The summed E-state index contributed by atoms with van der Waals surface area (Å²) in [6, 6.07) is 18.5. The molecule has 0 heterocycles. The van der Waals surface area contributed by atoms with Crippen LogP contribution in [0.4, 0.5) is 5.69 Å². The molecule has 0 atom stereocenters. The number of anilines is 1. The van der Waals surface area contributed by atoms with Gasteiger partial charge in [0.25, 0.3) is 0 Å². The molecular formula is C17H20N2O. The number of hydrogen-bond acceptors (Lipinski definition) is 2. The minimum absolute atomic E-state index is 0.0765. The Labute approximate surface area is 120 Å². The van der Waals surface area contributed by atoms with Crippen LogP contribution >= 0.6 is 0 Å². The zero-order valence-corrected chi connectivity index (χ0v) is 12.0. The Hall–Kier alpha value is -2.29. The molecule has 0 aliphatic heterocycles. The number of nitrogens with one attached hydrogen (secondary N) is 1. The molecule has 2 aromatic carbocycles. The first-order valence-electron chi connectivity index (χ1n) is 6.73. The van der Waals surface area contributed by atoms with E-state index in [1.807, 2.05) is 43.4 Å². The summed E-state index contributed by atoms with van der Waals surface area (Å²) in [6.07, 6.45) is 0. The van der Waals surface area contributed by atoms with E-state index in [9.17, 15) is 4.79 Å². The van der Waals surface area contributed by atoms with Gasteiger partial charge in [-0.1, -0.05) is 42.5 Å². The number of hydrogen-bond donors (Lipinski definition) is 1. The average Bonchev–Trinajstić information content (AvgIpc) is 2.46. The van der Waals surface area contributed by atoms with Gasteiger partial charge in [0.05, 0.1) is 0 Å². The molecule has 3 heteroatoms. The molecule has 0 aromatic heterocycles. The molecular weight excluding hydrogens is 248 g/mol. The molecule has 0 saturated heterocycles. The summed E-state index contributed by atoms with van der Waals surface area (Å²) in [5.74, 6) is 0.0765. The lowest BCUT2D eigenvalue weighted by Gasteiger charge is -2.15. The first-order chi connectivity index (χ1) is 9.65. The molecule has 2 rings (SSSR count). The third-order valence-corrected chi connectivity index (χ3v) is 3.22. The van der Waals surface area contributed by atoms with Gasteiger partial charge in [-0.2, -0.15) is 0 Å². The fourth-order valence-electron chi connectivity index (χ4n) is 1.96. The normalized spacial score (nSPS) is 10.1. The Balaban J connectivity index is 1.97. The Bertz CT molecular complexity index is 566. The molecule has 2 aromatic rings. The van der Waals surface area contributed by atoms with Gasteiger partial charge in [0, 0.05) is 32.7 Å². The molecule has 1 amide bonds. The Morgan fingerprint density at radius 3 is 2.45 bits per heavy atom. The maximum atomic E-state index is 11.3. The maximum absolute atomic E-state index is 11.3. The van der Waals surface area contributed by atoms with Gasteiger partial charge in [0.1, 0.15) is 0 Å². The summed E-state index contributed by atoms with van der Waals surface area (Å²) >= 11 is 0. The monoisotopic (exact) mass is 268 g/mol. The highest BCUT2D eigenvalue weighted by molar-refractivity contribution is 5.72. The van der Waals surface area contributed by atoms with E-state index in [1.165, 1.54) is 5.56 Å². The van der Waals surface area contributed by atoms with E-state index in [2.05, 4.69) is 23.5 Å². The smallest absolute Gasteiger partial charge is 0.219 e. The molecule has 104 valence electrons. The van der Waals surface area contributed by atoms with Crippen LogP contribution in [0.25, 0.3) is 0 Å². The molecule has 0 bridgehead atoms. The van der Waals surface area contributed by atoms with Crippen LogP contribution in [-0.4, -0.2) is 17.9 Å².